The van der Waals surface area contributed by atoms with Crippen molar-refractivity contribution >= 4 is 0 Å². The average molecular weight is 168 g/mol. The molecular weight excluding hydrogens is 152 g/mol. The van der Waals surface area contributed by atoms with Gasteiger partial charge in [0.25, 0.3) is 0 Å². The van der Waals surface area contributed by atoms with Gasteiger partial charge in [0.05, 0.1) is 11.6 Å². The third-order valence-corrected chi connectivity index (χ3v) is 1.95. The van der Waals surface area contributed by atoms with Gasteiger partial charge in [-0.25, -0.2) is 0 Å². The Bertz CT molecular complexity index is 223. The second kappa shape index (κ2) is 3.29. The fraction of sp³-hybridized carbons (Fsp3) is 0.556. The van der Waals surface area contributed by atoms with Crippen LogP contribution in [0.25, 0.3) is 0 Å². The summed E-state index contributed by atoms with van der Waals surface area (Å²) in [6.45, 7) is 3.59. The number of aromatic amines is 1. The molecule has 3 N–H and O–H groups in total. The van der Waals surface area contributed by atoms with Crippen LogP contribution in [0.4, 0.5) is 0 Å². The Morgan fingerprint density at radius 1 is 1.58 bits per heavy atom. The van der Waals surface area contributed by atoms with Crippen LogP contribution in [-0.2, 0) is 0 Å². The van der Waals surface area contributed by atoms with Crippen molar-refractivity contribution in [3.05, 3.63) is 24.0 Å². The molecule has 0 aromatic carbocycles. The monoisotopic (exact) mass is 168 g/mol. The molecule has 1 rings (SSSR count). The first-order valence-corrected chi connectivity index (χ1v) is 4.08. The number of hydrogen-bond acceptors (Lipinski definition) is 2. The molecule has 68 valence electrons. The molecule has 0 radical (unpaired) electrons. The second-order valence-corrected chi connectivity index (χ2v) is 3.52. The molecule has 1 unspecified atom stereocenters. The Kier molecular flexibility index (Phi) is 2.55. The van der Waals surface area contributed by atoms with Crippen LogP contribution in [0.2, 0.25) is 0 Å². The lowest BCUT2D eigenvalue weighted by atomic mass is 9.94. The highest BCUT2D eigenvalue weighted by Crippen LogP contribution is 2.24. The van der Waals surface area contributed by atoms with Crippen LogP contribution in [-0.4, -0.2) is 22.7 Å². The molecule has 12 heavy (non-hydrogen) atoms. The summed E-state index contributed by atoms with van der Waals surface area (Å²) in [5.74, 6) is 0. The zero-order valence-corrected chi connectivity index (χ0v) is 7.76. The highest BCUT2D eigenvalue weighted by atomic mass is 16.3. The normalized spacial score (nSPS) is 14.7. The van der Waals surface area contributed by atoms with Crippen molar-refractivity contribution in [1.82, 2.24) is 10.3 Å². The lowest BCUT2D eigenvalue weighted by Gasteiger charge is -2.28. The number of hydrogen-bond donors (Lipinski definition) is 3. The van der Waals surface area contributed by atoms with E-state index in [9.17, 15) is 5.11 Å². The molecule has 0 spiro atoms. The number of likely N-dealkylation sites (N-methyl/N-ethyl adjacent to an activating group) is 1. The summed E-state index contributed by atoms with van der Waals surface area (Å²) in [6.07, 6.45) is 3.74. The predicted molar refractivity (Wildman–Crippen MR) is 48.9 cm³/mol. The Morgan fingerprint density at radius 3 is 2.58 bits per heavy atom. The molecule has 0 bridgehead atoms. The average Bonchev–Trinajstić information content (AvgIpc) is 2.38. The summed E-state index contributed by atoms with van der Waals surface area (Å²) in [5.41, 5.74) is 0.335. The van der Waals surface area contributed by atoms with E-state index in [1.54, 1.807) is 13.8 Å². The van der Waals surface area contributed by atoms with Crippen LogP contribution >= 0.6 is 0 Å². The van der Waals surface area contributed by atoms with Crippen LogP contribution in [0.3, 0.4) is 0 Å². The van der Waals surface area contributed by atoms with Crippen molar-refractivity contribution in [2.45, 2.75) is 25.5 Å². The van der Waals surface area contributed by atoms with Crippen LogP contribution in [0, 0.1) is 0 Å². The Morgan fingerprint density at radius 2 is 2.25 bits per heavy atom. The quantitative estimate of drug-likeness (QED) is 0.631. The summed E-state index contributed by atoms with van der Waals surface area (Å²) >= 11 is 0. The maximum absolute atomic E-state index is 9.77. The van der Waals surface area contributed by atoms with Gasteiger partial charge < -0.3 is 15.4 Å². The zero-order chi connectivity index (χ0) is 9.19. The highest BCUT2D eigenvalue weighted by Gasteiger charge is 2.26. The van der Waals surface area contributed by atoms with Gasteiger partial charge in [-0.15, -0.1) is 0 Å². The van der Waals surface area contributed by atoms with Crippen LogP contribution in [0.15, 0.2) is 18.5 Å². The SMILES string of the molecule is CNC(c1cc[nH]c1)C(C)(C)O. The first kappa shape index (κ1) is 9.29. The van der Waals surface area contributed by atoms with E-state index >= 15 is 0 Å². The van der Waals surface area contributed by atoms with Crippen molar-refractivity contribution in [2.24, 2.45) is 0 Å². The van der Waals surface area contributed by atoms with E-state index in [4.69, 9.17) is 0 Å². The molecule has 0 fully saturated rings. The molecule has 0 amide bonds. The lowest BCUT2D eigenvalue weighted by Crippen LogP contribution is -2.37. The van der Waals surface area contributed by atoms with Crippen molar-refractivity contribution in [3.63, 3.8) is 0 Å². The Labute approximate surface area is 72.8 Å². The molecule has 0 aliphatic carbocycles. The largest absolute Gasteiger partial charge is 0.388 e. The summed E-state index contributed by atoms with van der Waals surface area (Å²) in [7, 11) is 1.84. The fourth-order valence-electron chi connectivity index (χ4n) is 1.44. The van der Waals surface area contributed by atoms with Gasteiger partial charge in [-0.2, -0.15) is 0 Å². The van der Waals surface area contributed by atoms with Crippen LogP contribution in [0.5, 0.6) is 0 Å². The van der Waals surface area contributed by atoms with Gasteiger partial charge in [-0.3, -0.25) is 0 Å². The van der Waals surface area contributed by atoms with Gasteiger partial charge in [0.1, 0.15) is 0 Å². The summed E-state index contributed by atoms with van der Waals surface area (Å²) in [5, 5.41) is 12.8. The van der Waals surface area contributed by atoms with Gasteiger partial charge in [-0.1, -0.05) is 0 Å². The number of nitrogens with one attached hydrogen (secondary N) is 2. The van der Waals surface area contributed by atoms with Crippen molar-refractivity contribution in [1.29, 1.82) is 0 Å². The second-order valence-electron chi connectivity index (χ2n) is 3.52. The topological polar surface area (TPSA) is 48.0 Å². The van der Waals surface area contributed by atoms with Gasteiger partial charge in [0.15, 0.2) is 0 Å². The van der Waals surface area contributed by atoms with Crippen molar-refractivity contribution in [3.8, 4) is 0 Å². The van der Waals surface area contributed by atoms with Gasteiger partial charge in [-0.05, 0) is 32.5 Å². The maximum atomic E-state index is 9.77. The first-order valence-electron chi connectivity index (χ1n) is 4.08. The first-order chi connectivity index (χ1) is 5.55. The van der Waals surface area contributed by atoms with E-state index in [2.05, 4.69) is 10.3 Å². The molecule has 3 heteroatoms. The Balaban J connectivity index is 2.84. The Hall–Kier alpha value is -0.800. The fourth-order valence-corrected chi connectivity index (χ4v) is 1.44. The van der Waals surface area contributed by atoms with Gasteiger partial charge in [0.2, 0.25) is 0 Å². The van der Waals surface area contributed by atoms with Gasteiger partial charge in [0, 0.05) is 12.4 Å². The van der Waals surface area contributed by atoms with E-state index in [1.807, 2.05) is 25.5 Å². The summed E-state index contributed by atoms with van der Waals surface area (Å²) in [6, 6.07) is 1.93. The standard InChI is InChI=1S/C9H16N2O/c1-9(2,12)8(10-3)7-4-5-11-6-7/h4-6,8,10-12H,1-3H3. The minimum absolute atomic E-state index is 0.0243. The van der Waals surface area contributed by atoms with Gasteiger partial charge >= 0.3 is 0 Å². The predicted octanol–water partition coefficient (Wildman–Crippen LogP) is 1.05. The molecule has 3 nitrogen and oxygen atoms in total. The zero-order valence-electron chi connectivity index (χ0n) is 7.76. The molecule has 1 atom stereocenters. The highest BCUT2D eigenvalue weighted by molar-refractivity contribution is 5.17. The number of aliphatic hydroxyl groups is 1. The third kappa shape index (κ3) is 1.87. The van der Waals surface area contributed by atoms with E-state index in [0.29, 0.717) is 0 Å². The molecule has 0 aliphatic rings. The van der Waals surface area contributed by atoms with E-state index in [0.717, 1.165) is 5.56 Å². The molecule has 0 aliphatic heterocycles. The smallest absolute Gasteiger partial charge is 0.0786 e. The minimum Gasteiger partial charge on any atom is -0.388 e. The van der Waals surface area contributed by atoms with E-state index < -0.39 is 5.60 Å². The van der Waals surface area contributed by atoms with Crippen LogP contribution in [0.1, 0.15) is 25.5 Å². The van der Waals surface area contributed by atoms with E-state index in [-0.39, 0.29) is 6.04 Å². The molecule has 1 heterocycles. The number of H-pyrrole nitrogens is 1. The molecule has 1 aromatic rings. The molecule has 0 saturated heterocycles. The summed E-state index contributed by atoms with van der Waals surface area (Å²) < 4.78 is 0. The number of aromatic nitrogens is 1. The van der Waals surface area contributed by atoms with Crippen molar-refractivity contribution in [2.75, 3.05) is 7.05 Å². The maximum Gasteiger partial charge on any atom is 0.0786 e. The number of rotatable bonds is 3. The van der Waals surface area contributed by atoms with Crippen molar-refractivity contribution < 1.29 is 5.11 Å². The molecule has 0 saturated carbocycles. The van der Waals surface area contributed by atoms with E-state index in [1.165, 1.54) is 0 Å². The van der Waals surface area contributed by atoms with Crippen LogP contribution < -0.4 is 5.32 Å². The third-order valence-electron chi connectivity index (χ3n) is 1.95. The molecule has 1 aromatic heterocycles. The minimum atomic E-state index is -0.739. The lowest BCUT2D eigenvalue weighted by molar-refractivity contribution is 0.0401. The molecular formula is C9H16N2O. The summed E-state index contributed by atoms with van der Waals surface area (Å²) in [4.78, 5) is 2.97.